The van der Waals surface area contributed by atoms with Crippen LogP contribution in [-0.4, -0.2) is 73.4 Å². The Morgan fingerprint density at radius 2 is 1.67 bits per heavy atom. The molecule has 0 heterocycles. The van der Waals surface area contributed by atoms with E-state index in [2.05, 4.69) is 13.0 Å². The summed E-state index contributed by atoms with van der Waals surface area (Å²) in [5.41, 5.74) is 2.98. The summed E-state index contributed by atoms with van der Waals surface area (Å²) in [7, 11) is -1.79. The number of aliphatic hydroxyl groups is 1. The number of sulfone groups is 1. The summed E-state index contributed by atoms with van der Waals surface area (Å²) < 4.78 is 87.4. The van der Waals surface area contributed by atoms with Crippen LogP contribution >= 0.6 is 0 Å². The first-order valence-corrected chi connectivity index (χ1v) is 18.7. The van der Waals surface area contributed by atoms with E-state index in [-0.39, 0.29) is 22.7 Å². The third-order valence-electron chi connectivity index (χ3n) is 12.3. The number of benzene rings is 1. The average Bonchev–Trinajstić information content (AvgIpc) is 3.72. The van der Waals surface area contributed by atoms with Gasteiger partial charge in [-0.05, 0) is 137 Å². The lowest BCUT2D eigenvalue weighted by atomic mass is 9.50. The first-order chi connectivity index (χ1) is 21.0. The van der Waals surface area contributed by atoms with E-state index in [0.29, 0.717) is 42.4 Å². The third-order valence-corrected chi connectivity index (χ3v) is 14.1. The Balaban J connectivity index is 1.07. The third kappa shape index (κ3) is 7.06. The fraction of sp³-hybridized carbons (Fsp3) is 0.824. The van der Waals surface area contributed by atoms with Gasteiger partial charge in [0.25, 0.3) is 0 Å². The molecule has 5 rings (SSSR count). The van der Waals surface area contributed by atoms with Crippen molar-refractivity contribution < 1.29 is 40.6 Å². The van der Waals surface area contributed by atoms with Crippen LogP contribution < -0.4 is 0 Å². The van der Waals surface area contributed by atoms with Crippen LogP contribution in [0.25, 0.3) is 0 Å². The molecule has 1 aromatic carbocycles. The van der Waals surface area contributed by atoms with Gasteiger partial charge in [-0.2, -0.15) is 22.0 Å². The van der Waals surface area contributed by atoms with E-state index in [4.69, 9.17) is 0 Å². The highest BCUT2D eigenvalue weighted by Crippen LogP contribution is 2.76. The summed E-state index contributed by atoms with van der Waals surface area (Å²) >= 11 is 0. The minimum absolute atomic E-state index is 0.119. The summed E-state index contributed by atoms with van der Waals surface area (Å²) in [6, 6.07) is 5.90. The van der Waals surface area contributed by atoms with Crippen LogP contribution in [-0.2, 0) is 16.3 Å². The van der Waals surface area contributed by atoms with Gasteiger partial charge in [-0.25, -0.2) is 8.42 Å². The van der Waals surface area contributed by atoms with E-state index < -0.39 is 40.5 Å². The van der Waals surface area contributed by atoms with Crippen molar-refractivity contribution in [2.24, 2.45) is 28.6 Å². The molecule has 6 atom stereocenters. The molecule has 4 aliphatic rings. The number of nitrogens with zero attached hydrogens (tertiary/aromatic N) is 1. The zero-order valence-electron chi connectivity index (χ0n) is 26.6. The van der Waals surface area contributed by atoms with Gasteiger partial charge in [0, 0.05) is 11.8 Å². The maximum Gasteiger partial charge on any atom is 0.453 e. The molecule has 0 aromatic heterocycles. The second kappa shape index (κ2) is 12.9. The zero-order valence-corrected chi connectivity index (χ0v) is 27.4. The lowest BCUT2D eigenvalue weighted by Gasteiger charge is -2.54. The lowest BCUT2D eigenvalue weighted by Crippen LogP contribution is -2.46. The Labute approximate surface area is 264 Å². The van der Waals surface area contributed by atoms with Gasteiger partial charge in [0.2, 0.25) is 0 Å². The van der Waals surface area contributed by atoms with Crippen molar-refractivity contribution in [3.63, 3.8) is 0 Å². The topological polar surface area (TPSA) is 77.8 Å². The van der Waals surface area contributed by atoms with Gasteiger partial charge >= 0.3 is 12.1 Å². The standard InChI is InChI=1S/C34H50F5NO4S/c1-31-13-11-27-26-10-9-25(41)21-24(26)20-23(30(27)28(31)22-29(42)32(31)14-15-32)8-4-3-5-16-40(2)17-7-19-45(43,44)18-6-12-33(35,36)34(37,38)39/h9-10,21,23,27-30,41-42H,3-8,11-20,22H2,1-2H3/t23-,27?,28?,29-,30?,31+/m1/s1. The van der Waals surface area contributed by atoms with E-state index in [0.717, 1.165) is 70.8 Å². The molecule has 4 aliphatic carbocycles. The van der Waals surface area contributed by atoms with Gasteiger partial charge in [-0.1, -0.05) is 25.8 Å². The SMILES string of the molecule is CN(CCCCC[C@@H]1Cc2cc(O)ccc2C2CC[C@@]3(C)C(C[C@@H](O)C34CC4)C21)CCCS(=O)(=O)CCCC(F)(F)C(F)(F)F. The van der Waals surface area contributed by atoms with Crippen molar-refractivity contribution in [1.82, 2.24) is 4.90 Å². The summed E-state index contributed by atoms with van der Waals surface area (Å²) in [6.07, 6.45) is 2.82. The van der Waals surface area contributed by atoms with Crippen molar-refractivity contribution >= 4 is 9.84 Å². The van der Waals surface area contributed by atoms with Gasteiger partial charge < -0.3 is 15.1 Å². The number of hydrogen-bond acceptors (Lipinski definition) is 5. The largest absolute Gasteiger partial charge is 0.508 e. The second-order valence-corrected chi connectivity index (χ2v) is 17.3. The van der Waals surface area contributed by atoms with Gasteiger partial charge in [0.05, 0.1) is 17.6 Å². The van der Waals surface area contributed by atoms with E-state index in [1.807, 2.05) is 24.1 Å². The minimum Gasteiger partial charge on any atom is -0.508 e. The predicted octanol–water partition coefficient (Wildman–Crippen LogP) is 7.50. The normalized spacial score (nSPS) is 30.7. The molecule has 1 spiro atoms. The number of hydrogen-bond donors (Lipinski definition) is 2. The van der Waals surface area contributed by atoms with Crippen molar-refractivity contribution in [3.05, 3.63) is 29.3 Å². The molecule has 0 bridgehead atoms. The number of phenols is 1. The molecule has 0 amide bonds. The van der Waals surface area contributed by atoms with E-state index in [1.54, 1.807) is 0 Å². The maximum atomic E-state index is 13.1. The van der Waals surface area contributed by atoms with Crippen molar-refractivity contribution in [1.29, 1.82) is 0 Å². The lowest BCUT2D eigenvalue weighted by molar-refractivity contribution is -0.284. The summed E-state index contributed by atoms with van der Waals surface area (Å²) in [5, 5.41) is 21.4. The second-order valence-electron chi connectivity index (χ2n) is 15.0. The van der Waals surface area contributed by atoms with Crippen LogP contribution in [0.15, 0.2) is 18.2 Å². The molecule has 45 heavy (non-hydrogen) atoms. The van der Waals surface area contributed by atoms with Crippen molar-refractivity contribution in [2.75, 3.05) is 31.6 Å². The summed E-state index contributed by atoms with van der Waals surface area (Å²) in [4.78, 5) is 2.05. The van der Waals surface area contributed by atoms with E-state index in [1.165, 1.54) is 11.1 Å². The summed E-state index contributed by atoms with van der Waals surface area (Å²) in [5.74, 6) is -3.41. The van der Waals surface area contributed by atoms with Crippen LogP contribution in [0.4, 0.5) is 22.0 Å². The number of rotatable bonds is 14. The highest BCUT2D eigenvalue weighted by molar-refractivity contribution is 7.91. The van der Waals surface area contributed by atoms with Gasteiger partial charge in [-0.15, -0.1) is 0 Å². The number of aliphatic hydroxyl groups excluding tert-OH is 1. The molecule has 5 nitrogen and oxygen atoms in total. The summed E-state index contributed by atoms with van der Waals surface area (Å²) in [6.45, 7) is 3.75. The van der Waals surface area contributed by atoms with Gasteiger partial charge in [-0.3, -0.25) is 0 Å². The highest BCUT2D eigenvalue weighted by Gasteiger charge is 2.71. The molecule has 0 aliphatic heterocycles. The Hall–Kier alpha value is -1.46. The molecule has 2 N–H and O–H groups in total. The van der Waals surface area contributed by atoms with Gasteiger partial charge in [0.1, 0.15) is 15.6 Å². The number of halogens is 5. The molecule has 1 aromatic rings. The Kier molecular flexibility index (Phi) is 9.97. The molecule has 0 saturated heterocycles. The number of unbranched alkanes of at least 4 members (excludes halogenated alkanes) is 2. The smallest absolute Gasteiger partial charge is 0.453 e. The Morgan fingerprint density at radius 1 is 0.978 bits per heavy atom. The fourth-order valence-electron chi connectivity index (χ4n) is 9.71. The minimum atomic E-state index is -5.66. The Bertz CT molecular complexity index is 1300. The maximum absolute atomic E-state index is 13.1. The van der Waals surface area contributed by atoms with Crippen LogP contribution in [0, 0.1) is 28.6 Å². The predicted molar refractivity (Wildman–Crippen MR) is 164 cm³/mol. The van der Waals surface area contributed by atoms with Crippen LogP contribution in [0.3, 0.4) is 0 Å². The number of aromatic hydroxyl groups is 1. The average molecular weight is 664 g/mol. The molecule has 0 radical (unpaired) electrons. The molecular formula is C34H50F5NO4S. The fourth-order valence-corrected chi connectivity index (χ4v) is 11.1. The monoisotopic (exact) mass is 663 g/mol. The first kappa shape index (κ1) is 34.9. The van der Waals surface area contributed by atoms with Crippen LogP contribution in [0.5, 0.6) is 5.75 Å². The molecule has 3 unspecified atom stereocenters. The number of fused-ring (bicyclic) bond motifs is 6. The quantitative estimate of drug-likeness (QED) is 0.159. The number of alkyl halides is 5. The molecule has 3 fully saturated rings. The van der Waals surface area contributed by atoms with E-state index in [9.17, 15) is 40.6 Å². The first-order valence-electron chi connectivity index (χ1n) is 16.8. The molecular weight excluding hydrogens is 613 g/mol. The van der Waals surface area contributed by atoms with Crippen molar-refractivity contribution in [3.8, 4) is 5.75 Å². The molecule has 256 valence electrons. The van der Waals surface area contributed by atoms with Crippen LogP contribution in [0.1, 0.15) is 101 Å². The Morgan fingerprint density at radius 3 is 2.36 bits per heavy atom. The van der Waals surface area contributed by atoms with Crippen molar-refractivity contribution in [2.45, 2.75) is 115 Å². The molecule has 11 heteroatoms. The molecule has 3 saturated carbocycles. The van der Waals surface area contributed by atoms with Crippen LogP contribution in [0.2, 0.25) is 0 Å². The van der Waals surface area contributed by atoms with E-state index >= 15 is 0 Å². The number of phenolic OH excluding ortho intramolecular Hbond substituents is 1. The highest BCUT2D eigenvalue weighted by atomic mass is 32.2. The van der Waals surface area contributed by atoms with Gasteiger partial charge in [0.15, 0.2) is 0 Å². The zero-order chi connectivity index (χ0) is 32.8.